The van der Waals surface area contributed by atoms with E-state index in [4.69, 9.17) is 0 Å². The van der Waals surface area contributed by atoms with Crippen molar-refractivity contribution in [3.63, 3.8) is 0 Å². The fourth-order valence-electron chi connectivity index (χ4n) is 2.27. The van der Waals surface area contributed by atoms with Gasteiger partial charge < -0.3 is 10.6 Å². The van der Waals surface area contributed by atoms with E-state index < -0.39 is 0 Å². The first-order chi connectivity index (χ1) is 9.65. The van der Waals surface area contributed by atoms with E-state index in [-0.39, 0.29) is 5.91 Å². The van der Waals surface area contributed by atoms with Crippen molar-refractivity contribution in [2.45, 2.75) is 13.0 Å². The molecule has 1 aliphatic rings. The third-order valence-corrected chi connectivity index (χ3v) is 6.52. The zero-order valence-corrected chi connectivity index (χ0v) is 14.5. The third-order valence-electron chi connectivity index (χ3n) is 3.26. The Morgan fingerprint density at radius 3 is 2.95 bits per heavy atom. The number of halogens is 2. The molecule has 2 aromatic rings. The standard InChI is InChI=1S/C14H12Br2N2OS/c15-10-6-12(20-13(10)16)14(19)18-11-3-1-2-8-4-5-17-7-9(8)11/h1-3,6,17H,4-5,7H2,(H,18,19). The lowest BCUT2D eigenvalue weighted by Crippen LogP contribution is -2.25. The lowest BCUT2D eigenvalue weighted by molar-refractivity contribution is 0.103. The summed E-state index contributed by atoms with van der Waals surface area (Å²) < 4.78 is 1.84. The van der Waals surface area contributed by atoms with Crippen LogP contribution in [0.3, 0.4) is 0 Å². The summed E-state index contributed by atoms with van der Waals surface area (Å²) in [5.41, 5.74) is 3.41. The van der Waals surface area contributed by atoms with Crippen LogP contribution in [-0.4, -0.2) is 12.5 Å². The molecule has 2 heterocycles. The molecule has 1 aromatic heterocycles. The van der Waals surface area contributed by atoms with Crippen LogP contribution in [0.4, 0.5) is 5.69 Å². The van der Waals surface area contributed by atoms with Crippen molar-refractivity contribution in [3.8, 4) is 0 Å². The first kappa shape index (κ1) is 14.3. The highest BCUT2D eigenvalue weighted by Gasteiger charge is 2.16. The molecule has 3 rings (SSSR count). The fraction of sp³-hybridized carbons (Fsp3) is 0.214. The average Bonchev–Trinajstić information content (AvgIpc) is 2.79. The second kappa shape index (κ2) is 5.97. The Balaban J connectivity index is 1.86. The molecule has 0 aliphatic carbocycles. The van der Waals surface area contributed by atoms with Crippen LogP contribution in [0.1, 0.15) is 20.8 Å². The minimum Gasteiger partial charge on any atom is -0.321 e. The predicted molar refractivity (Wildman–Crippen MR) is 89.5 cm³/mol. The van der Waals surface area contributed by atoms with Gasteiger partial charge in [-0.05, 0) is 68.1 Å². The molecule has 2 N–H and O–H groups in total. The Hall–Kier alpha value is -0.690. The molecule has 6 heteroatoms. The molecule has 0 saturated carbocycles. The summed E-state index contributed by atoms with van der Waals surface area (Å²) in [6, 6.07) is 7.92. The second-order valence-electron chi connectivity index (χ2n) is 4.56. The first-order valence-corrected chi connectivity index (χ1v) is 8.63. The molecule has 0 spiro atoms. The van der Waals surface area contributed by atoms with Gasteiger partial charge in [0.15, 0.2) is 0 Å². The zero-order chi connectivity index (χ0) is 14.1. The molecule has 0 unspecified atom stereocenters. The number of thiophene rings is 1. The maximum Gasteiger partial charge on any atom is 0.265 e. The van der Waals surface area contributed by atoms with Crippen LogP contribution in [0.2, 0.25) is 0 Å². The summed E-state index contributed by atoms with van der Waals surface area (Å²) in [5.74, 6) is -0.0691. The number of nitrogens with one attached hydrogen (secondary N) is 2. The van der Waals surface area contributed by atoms with Crippen molar-refractivity contribution >= 4 is 54.8 Å². The maximum atomic E-state index is 12.3. The van der Waals surface area contributed by atoms with E-state index in [0.717, 1.165) is 33.5 Å². The Morgan fingerprint density at radius 2 is 2.20 bits per heavy atom. The van der Waals surface area contributed by atoms with Crippen LogP contribution in [0.25, 0.3) is 0 Å². The number of carbonyl (C=O) groups is 1. The van der Waals surface area contributed by atoms with Gasteiger partial charge in [0, 0.05) is 16.7 Å². The monoisotopic (exact) mass is 414 g/mol. The van der Waals surface area contributed by atoms with E-state index in [9.17, 15) is 4.79 Å². The van der Waals surface area contributed by atoms with Gasteiger partial charge in [-0.3, -0.25) is 4.79 Å². The van der Waals surface area contributed by atoms with Gasteiger partial charge in [0.1, 0.15) is 0 Å². The van der Waals surface area contributed by atoms with E-state index in [1.165, 1.54) is 22.5 Å². The third kappa shape index (κ3) is 2.83. The van der Waals surface area contributed by atoms with Crippen molar-refractivity contribution in [2.75, 3.05) is 11.9 Å². The van der Waals surface area contributed by atoms with Crippen LogP contribution in [0.5, 0.6) is 0 Å². The summed E-state index contributed by atoms with van der Waals surface area (Å²) in [6.45, 7) is 1.80. The molecule has 1 amide bonds. The molecule has 3 nitrogen and oxygen atoms in total. The van der Waals surface area contributed by atoms with Crippen LogP contribution < -0.4 is 10.6 Å². The predicted octanol–water partition coefficient (Wildman–Crippen LogP) is 4.17. The molecule has 0 atom stereocenters. The van der Waals surface area contributed by atoms with Crippen LogP contribution >= 0.6 is 43.2 Å². The van der Waals surface area contributed by atoms with Crippen LogP contribution in [0.15, 0.2) is 32.5 Å². The van der Waals surface area contributed by atoms with E-state index in [1.54, 1.807) is 0 Å². The quantitative estimate of drug-likeness (QED) is 0.772. The van der Waals surface area contributed by atoms with Crippen molar-refractivity contribution in [2.24, 2.45) is 0 Å². The smallest absolute Gasteiger partial charge is 0.265 e. The Kier molecular flexibility index (Phi) is 4.26. The van der Waals surface area contributed by atoms with Gasteiger partial charge in [0.25, 0.3) is 5.91 Å². The molecule has 0 fully saturated rings. The summed E-state index contributed by atoms with van der Waals surface area (Å²) in [7, 11) is 0. The number of carbonyl (C=O) groups excluding carboxylic acids is 1. The van der Waals surface area contributed by atoms with Crippen molar-refractivity contribution in [1.82, 2.24) is 5.32 Å². The number of rotatable bonds is 2. The zero-order valence-electron chi connectivity index (χ0n) is 10.5. The van der Waals surface area contributed by atoms with Gasteiger partial charge in [0.05, 0.1) is 8.66 Å². The molecule has 1 aliphatic heterocycles. The van der Waals surface area contributed by atoms with Crippen molar-refractivity contribution in [1.29, 1.82) is 0 Å². The Morgan fingerprint density at radius 1 is 1.35 bits per heavy atom. The molecule has 1 aromatic carbocycles. The summed E-state index contributed by atoms with van der Waals surface area (Å²) >= 11 is 8.24. The minimum absolute atomic E-state index is 0.0691. The number of benzene rings is 1. The van der Waals surface area contributed by atoms with Crippen LogP contribution in [0, 0.1) is 0 Å². The van der Waals surface area contributed by atoms with Crippen molar-refractivity contribution < 1.29 is 4.79 Å². The van der Waals surface area contributed by atoms with E-state index >= 15 is 0 Å². The highest BCUT2D eigenvalue weighted by molar-refractivity contribution is 9.13. The summed E-state index contributed by atoms with van der Waals surface area (Å²) in [6.07, 6.45) is 1.01. The summed E-state index contributed by atoms with van der Waals surface area (Å²) in [5, 5.41) is 6.36. The highest BCUT2D eigenvalue weighted by Crippen LogP contribution is 2.33. The number of amides is 1. The number of fused-ring (bicyclic) bond motifs is 1. The normalized spacial score (nSPS) is 13.9. The molecule has 104 valence electrons. The van der Waals surface area contributed by atoms with Gasteiger partial charge in [-0.15, -0.1) is 11.3 Å². The molecule has 0 saturated heterocycles. The topological polar surface area (TPSA) is 41.1 Å². The first-order valence-electron chi connectivity index (χ1n) is 6.23. The Bertz CT molecular complexity index is 650. The average molecular weight is 416 g/mol. The van der Waals surface area contributed by atoms with E-state index in [1.807, 2.05) is 18.2 Å². The fourth-order valence-corrected chi connectivity index (χ4v) is 4.20. The van der Waals surface area contributed by atoms with Crippen LogP contribution in [-0.2, 0) is 13.0 Å². The minimum atomic E-state index is -0.0691. The van der Waals surface area contributed by atoms with Crippen molar-refractivity contribution in [3.05, 3.63) is 48.5 Å². The van der Waals surface area contributed by atoms with Gasteiger partial charge in [-0.1, -0.05) is 12.1 Å². The Labute approximate surface area is 138 Å². The van der Waals surface area contributed by atoms with Gasteiger partial charge in [-0.2, -0.15) is 0 Å². The number of anilines is 1. The molecule has 20 heavy (non-hydrogen) atoms. The number of hydrogen-bond acceptors (Lipinski definition) is 3. The van der Waals surface area contributed by atoms with E-state index in [2.05, 4.69) is 48.6 Å². The maximum absolute atomic E-state index is 12.3. The SMILES string of the molecule is O=C(Nc1cccc2c1CNCC2)c1cc(Br)c(Br)s1. The lowest BCUT2D eigenvalue weighted by atomic mass is 9.99. The van der Waals surface area contributed by atoms with Gasteiger partial charge in [-0.25, -0.2) is 0 Å². The van der Waals surface area contributed by atoms with Gasteiger partial charge in [0.2, 0.25) is 0 Å². The van der Waals surface area contributed by atoms with Gasteiger partial charge >= 0.3 is 0 Å². The molecule has 0 bridgehead atoms. The molecule has 0 radical (unpaired) electrons. The van der Waals surface area contributed by atoms with E-state index in [0.29, 0.717) is 4.88 Å². The summed E-state index contributed by atoms with van der Waals surface area (Å²) in [4.78, 5) is 13.0. The largest absolute Gasteiger partial charge is 0.321 e. The molecular formula is C14H12Br2N2OS. The highest BCUT2D eigenvalue weighted by atomic mass is 79.9. The second-order valence-corrected chi connectivity index (χ2v) is 7.78. The number of hydrogen-bond donors (Lipinski definition) is 2. The lowest BCUT2D eigenvalue weighted by Gasteiger charge is -2.20. The molecular weight excluding hydrogens is 404 g/mol.